The molecule has 7 heteroatoms. The summed E-state index contributed by atoms with van der Waals surface area (Å²) in [6.45, 7) is 1.51. The Bertz CT molecular complexity index is 521. The summed E-state index contributed by atoms with van der Waals surface area (Å²) < 4.78 is 38.3. The number of hydrogen-bond donors (Lipinski definition) is 0. The second-order valence-corrected chi connectivity index (χ2v) is 6.30. The lowest BCUT2D eigenvalue weighted by atomic mass is 9.75. The molecule has 3 rings (SSSR count). The first-order valence-corrected chi connectivity index (χ1v) is 7.68. The maximum atomic E-state index is 12.8. The van der Waals surface area contributed by atoms with Crippen molar-refractivity contribution in [2.75, 3.05) is 18.0 Å². The van der Waals surface area contributed by atoms with Gasteiger partial charge in [0, 0.05) is 19.2 Å². The molecule has 2 fully saturated rings. The zero-order valence-corrected chi connectivity index (χ0v) is 12.3. The van der Waals surface area contributed by atoms with Crippen molar-refractivity contribution in [3.63, 3.8) is 0 Å². The lowest BCUT2D eigenvalue weighted by Crippen LogP contribution is -2.42. The number of rotatable bonds is 1. The number of aromatic nitrogens is 2. The van der Waals surface area contributed by atoms with Crippen molar-refractivity contribution in [3.05, 3.63) is 17.0 Å². The Kier molecular flexibility index (Phi) is 3.99. The van der Waals surface area contributed by atoms with Gasteiger partial charge in [-0.05, 0) is 24.7 Å². The van der Waals surface area contributed by atoms with E-state index in [1.807, 2.05) is 4.90 Å². The van der Waals surface area contributed by atoms with Crippen LogP contribution >= 0.6 is 11.6 Å². The summed E-state index contributed by atoms with van der Waals surface area (Å²) in [6, 6.07) is 1.43. The number of anilines is 1. The van der Waals surface area contributed by atoms with Gasteiger partial charge < -0.3 is 4.90 Å². The van der Waals surface area contributed by atoms with Crippen LogP contribution in [0.4, 0.5) is 19.0 Å². The molecule has 0 radical (unpaired) electrons. The van der Waals surface area contributed by atoms with Gasteiger partial charge in [0.2, 0.25) is 5.82 Å². The number of nitrogens with zero attached hydrogens (tertiary/aromatic N) is 3. The molecule has 0 N–H and O–H groups in total. The first kappa shape index (κ1) is 14.9. The minimum atomic E-state index is -4.57. The maximum absolute atomic E-state index is 12.8. The van der Waals surface area contributed by atoms with Crippen LogP contribution in [0.25, 0.3) is 0 Å². The van der Waals surface area contributed by atoms with E-state index >= 15 is 0 Å². The van der Waals surface area contributed by atoms with Crippen molar-refractivity contribution in [2.45, 2.75) is 38.3 Å². The Morgan fingerprint density at radius 3 is 2.52 bits per heavy atom. The molecule has 1 saturated carbocycles. The van der Waals surface area contributed by atoms with E-state index in [9.17, 15) is 13.2 Å². The van der Waals surface area contributed by atoms with E-state index in [1.165, 1.54) is 25.3 Å². The molecule has 0 bridgehead atoms. The topological polar surface area (TPSA) is 29.0 Å². The SMILES string of the molecule is FC(F)(F)c1nc(Cl)cc(N2CCC3CCCCC3C2)n1. The summed E-state index contributed by atoms with van der Waals surface area (Å²) in [5.74, 6) is 0.423. The van der Waals surface area contributed by atoms with Crippen molar-refractivity contribution < 1.29 is 13.2 Å². The molecule has 116 valence electrons. The lowest BCUT2D eigenvalue weighted by Gasteiger charge is -2.41. The van der Waals surface area contributed by atoms with Crippen molar-refractivity contribution in [1.82, 2.24) is 9.97 Å². The van der Waals surface area contributed by atoms with E-state index in [1.54, 1.807) is 0 Å². The predicted octanol–water partition coefficient (Wildman–Crippen LogP) is 4.17. The largest absolute Gasteiger partial charge is 0.451 e. The zero-order valence-electron chi connectivity index (χ0n) is 11.5. The predicted molar refractivity (Wildman–Crippen MR) is 74.3 cm³/mol. The van der Waals surface area contributed by atoms with Crippen LogP contribution in [0.5, 0.6) is 0 Å². The van der Waals surface area contributed by atoms with Crippen LogP contribution in [0, 0.1) is 11.8 Å². The average molecular weight is 320 g/mol. The van der Waals surface area contributed by atoms with E-state index in [2.05, 4.69) is 9.97 Å². The molecule has 2 aliphatic rings. The summed E-state index contributed by atoms with van der Waals surface area (Å²) >= 11 is 5.73. The Labute approximate surface area is 126 Å². The molecule has 0 aromatic carbocycles. The Morgan fingerprint density at radius 1 is 1.10 bits per heavy atom. The summed E-state index contributed by atoms with van der Waals surface area (Å²) in [7, 11) is 0. The van der Waals surface area contributed by atoms with Crippen LogP contribution < -0.4 is 4.90 Å². The molecule has 1 aliphatic carbocycles. The first-order chi connectivity index (χ1) is 9.93. The van der Waals surface area contributed by atoms with Gasteiger partial charge in [-0.3, -0.25) is 0 Å². The molecule has 2 unspecified atom stereocenters. The van der Waals surface area contributed by atoms with Gasteiger partial charge >= 0.3 is 6.18 Å². The van der Waals surface area contributed by atoms with E-state index in [0.29, 0.717) is 11.7 Å². The van der Waals surface area contributed by atoms with Crippen molar-refractivity contribution in [3.8, 4) is 0 Å². The number of halogens is 4. The smallest absolute Gasteiger partial charge is 0.356 e. The Balaban J connectivity index is 1.82. The van der Waals surface area contributed by atoms with Gasteiger partial charge in [0.05, 0.1) is 0 Å². The highest BCUT2D eigenvalue weighted by atomic mass is 35.5. The standard InChI is InChI=1S/C14H17ClF3N3/c15-11-7-12(20-13(19-11)14(16,17)18)21-6-5-9-3-1-2-4-10(9)8-21/h7,9-10H,1-6,8H2. The molecule has 21 heavy (non-hydrogen) atoms. The first-order valence-electron chi connectivity index (χ1n) is 7.30. The Morgan fingerprint density at radius 2 is 1.81 bits per heavy atom. The van der Waals surface area contributed by atoms with Gasteiger partial charge in [-0.25, -0.2) is 9.97 Å². The quantitative estimate of drug-likeness (QED) is 0.728. The molecule has 2 heterocycles. The van der Waals surface area contributed by atoms with Crippen molar-refractivity contribution in [2.24, 2.45) is 11.8 Å². The number of piperidine rings is 1. The van der Waals surface area contributed by atoms with E-state index in [0.717, 1.165) is 31.8 Å². The average Bonchev–Trinajstić information content (AvgIpc) is 2.45. The van der Waals surface area contributed by atoms with Crippen molar-refractivity contribution in [1.29, 1.82) is 0 Å². The third-order valence-corrected chi connectivity index (χ3v) is 4.74. The van der Waals surface area contributed by atoms with E-state index < -0.39 is 12.0 Å². The van der Waals surface area contributed by atoms with Crippen LogP contribution in [0.15, 0.2) is 6.07 Å². The summed E-state index contributed by atoms with van der Waals surface area (Å²) in [6.07, 6.45) is 1.35. The summed E-state index contributed by atoms with van der Waals surface area (Å²) in [5, 5.41) is -0.155. The fraction of sp³-hybridized carbons (Fsp3) is 0.714. The number of alkyl halides is 3. The fourth-order valence-electron chi connectivity index (χ4n) is 3.50. The summed E-state index contributed by atoms with van der Waals surface area (Å²) in [4.78, 5) is 8.88. The minimum absolute atomic E-state index is 0.155. The van der Waals surface area contributed by atoms with Crippen LogP contribution in [-0.2, 0) is 6.18 Å². The normalized spacial score (nSPS) is 26.6. The second-order valence-electron chi connectivity index (χ2n) is 5.91. The van der Waals surface area contributed by atoms with Gasteiger partial charge in [-0.2, -0.15) is 13.2 Å². The molecule has 0 amide bonds. The molecule has 2 atom stereocenters. The van der Waals surface area contributed by atoms with Crippen LogP contribution in [0.1, 0.15) is 37.9 Å². The van der Waals surface area contributed by atoms with Crippen LogP contribution in [0.3, 0.4) is 0 Å². The number of hydrogen-bond acceptors (Lipinski definition) is 3. The third-order valence-electron chi connectivity index (χ3n) is 4.55. The van der Waals surface area contributed by atoms with Gasteiger partial charge in [0.25, 0.3) is 0 Å². The summed E-state index contributed by atoms with van der Waals surface area (Å²) in [5.41, 5.74) is 0. The second kappa shape index (κ2) is 5.63. The van der Waals surface area contributed by atoms with Gasteiger partial charge in [-0.1, -0.05) is 30.9 Å². The molecular formula is C14H17ClF3N3. The van der Waals surface area contributed by atoms with Gasteiger partial charge in [-0.15, -0.1) is 0 Å². The molecular weight excluding hydrogens is 303 g/mol. The molecule has 3 nitrogen and oxygen atoms in total. The highest BCUT2D eigenvalue weighted by Crippen LogP contribution is 2.38. The van der Waals surface area contributed by atoms with Crippen molar-refractivity contribution >= 4 is 17.4 Å². The molecule has 1 aromatic heterocycles. The van der Waals surface area contributed by atoms with Crippen LogP contribution in [-0.4, -0.2) is 23.1 Å². The Hall–Kier alpha value is -1.04. The minimum Gasteiger partial charge on any atom is -0.356 e. The zero-order chi connectivity index (χ0) is 15.0. The molecule has 0 spiro atoms. The lowest BCUT2D eigenvalue weighted by molar-refractivity contribution is -0.144. The molecule has 1 aromatic rings. The fourth-order valence-corrected chi connectivity index (χ4v) is 3.68. The van der Waals surface area contributed by atoms with Crippen LogP contribution in [0.2, 0.25) is 5.15 Å². The number of fused-ring (bicyclic) bond motifs is 1. The highest BCUT2D eigenvalue weighted by Gasteiger charge is 2.37. The van der Waals surface area contributed by atoms with E-state index in [-0.39, 0.29) is 5.15 Å². The van der Waals surface area contributed by atoms with E-state index in [4.69, 9.17) is 11.6 Å². The van der Waals surface area contributed by atoms with Gasteiger partial charge in [0.1, 0.15) is 11.0 Å². The molecule has 1 aliphatic heterocycles. The maximum Gasteiger partial charge on any atom is 0.451 e. The highest BCUT2D eigenvalue weighted by molar-refractivity contribution is 6.29. The third kappa shape index (κ3) is 3.25. The molecule has 1 saturated heterocycles. The monoisotopic (exact) mass is 319 g/mol. The van der Waals surface area contributed by atoms with Gasteiger partial charge in [0.15, 0.2) is 0 Å².